The molecule has 6 heteroatoms. The zero-order valence-electron chi connectivity index (χ0n) is 14.3. The van der Waals surface area contributed by atoms with Gasteiger partial charge in [0.2, 0.25) is 17.8 Å². The van der Waals surface area contributed by atoms with Crippen molar-refractivity contribution in [2.24, 2.45) is 5.92 Å². The molecule has 0 aliphatic rings. The van der Waals surface area contributed by atoms with Gasteiger partial charge in [-0.25, -0.2) is 0 Å². The molecule has 1 unspecified atom stereocenters. The highest BCUT2D eigenvalue weighted by Crippen LogP contribution is 2.17. The van der Waals surface area contributed by atoms with Gasteiger partial charge in [0.1, 0.15) is 0 Å². The van der Waals surface area contributed by atoms with Gasteiger partial charge in [-0.2, -0.15) is 15.0 Å². The summed E-state index contributed by atoms with van der Waals surface area (Å²) in [4.78, 5) is 17.9. The maximum absolute atomic E-state index is 4.63. The van der Waals surface area contributed by atoms with Gasteiger partial charge in [-0.3, -0.25) is 0 Å². The molecule has 120 valence electrons. The topological polar surface area (TPSA) is 57.2 Å². The fourth-order valence-electron chi connectivity index (χ4n) is 2.09. The lowest BCUT2D eigenvalue weighted by molar-refractivity contribution is 0.554. The molecular formula is C15H30N6. The monoisotopic (exact) mass is 294 g/mol. The Bertz CT molecular complexity index is 419. The SMILES string of the molecule is CCNc1nc(N(C)CC(C)CC)nc(N(CC)CC)n1. The van der Waals surface area contributed by atoms with Gasteiger partial charge in [0.05, 0.1) is 0 Å². The molecule has 1 atom stereocenters. The first kappa shape index (κ1) is 17.5. The molecule has 0 spiro atoms. The van der Waals surface area contributed by atoms with Crippen LogP contribution in [-0.4, -0.2) is 48.2 Å². The predicted octanol–water partition coefficient (Wildman–Crippen LogP) is 2.63. The van der Waals surface area contributed by atoms with E-state index < -0.39 is 0 Å². The lowest BCUT2D eigenvalue weighted by Gasteiger charge is -2.24. The van der Waals surface area contributed by atoms with E-state index in [4.69, 9.17) is 0 Å². The summed E-state index contributed by atoms with van der Waals surface area (Å²) in [6.07, 6.45) is 1.15. The van der Waals surface area contributed by atoms with Crippen molar-refractivity contribution in [3.8, 4) is 0 Å². The quantitative estimate of drug-likeness (QED) is 0.755. The Morgan fingerprint density at radius 1 is 1.00 bits per heavy atom. The Hall–Kier alpha value is -1.59. The first-order chi connectivity index (χ1) is 10.0. The number of hydrogen-bond donors (Lipinski definition) is 1. The Kier molecular flexibility index (Phi) is 7.19. The number of nitrogens with one attached hydrogen (secondary N) is 1. The minimum Gasteiger partial charge on any atom is -0.354 e. The highest BCUT2D eigenvalue weighted by molar-refractivity contribution is 5.44. The van der Waals surface area contributed by atoms with Gasteiger partial charge in [0.25, 0.3) is 0 Å². The Morgan fingerprint density at radius 2 is 1.62 bits per heavy atom. The normalized spacial score (nSPS) is 12.1. The summed E-state index contributed by atoms with van der Waals surface area (Å²) in [6, 6.07) is 0. The second kappa shape index (κ2) is 8.64. The third-order valence-electron chi connectivity index (χ3n) is 3.62. The Morgan fingerprint density at radius 3 is 2.14 bits per heavy atom. The van der Waals surface area contributed by atoms with Crippen molar-refractivity contribution in [2.75, 3.05) is 48.3 Å². The van der Waals surface area contributed by atoms with Gasteiger partial charge in [0.15, 0.2) is 0 Å². The van der Waals surface area contributed by atoms with Gasteiger partial charge >= 0.3 is 0 Å². The van der Waals surface area contributed by atoms with Crippen molar-refractivity contribution in [2.45, 2.75) is 41.0 Å². The number of aromatic nitrogens is 3. The zero-order chi connectivity index (χ0) is 15.8. The van der Waals surface area contributed by atoms with Crippen molar-refractivity contribution >= 4 is 17.8 Å². The molecule has 0 aliphatic heterocycles. The smallest absolute Gasteiger partial charge is 0.231 e. The van der Waals surface area contributed by atoms with Crippen LogP contribution in [0.3, 0.4) is 0 Å². The third-order valence-corrected chi connectivity index (χ3v) is 3.62. The van der Waals surface area contributed by atoms with Gasteiger partial charge in [-0.05, 0) is 26.7 Å². The molecule has 1 aromatic heterocycles. The maximum Gasteiger partial charge on any atom is 0.231 e. The van der Waals surface area contributed by atoms with Crippen LogP contribution in [0.2, 0.25) is 0 Å². The Balaban J connectivity index is 3.06. The molecule has 21 heavy (non-hydrogen) atoms. The van der Waals surface area contributed by atoms with Crippen LogP contribution in [0.5, 0.6) is 0 Å². The summed E-state index contributed by atoms with van der Waals surface area (Å²) < 4.78 is 0. The fourth-order valence-corrected chi connectivity index (χ4v) is 2.09. The maximum atomic E-state index is 4.63. The molecule has 6 nitrogen and oxygen atoms in total. The molecule has 0 radical (unpaired) electrons. The van der Waals surface area contributed by atoms with Crippen LogP contribution in [0.25, 0.3) is 0 Å². The molecule has 0 saturated carbocycles. The molecule has 1 aromatic rings. The number of rotatable bonds is 9. The average molecular weight is 294 g/mol. The molecule has 1 N–H and O–H groups in total. The van der Waals surface area contributed by atoms with Crippen LogP contribution in [0, 0.1) is 5.92 Å². The van der Waals surface area contributed by atoms with Crippen LogP contribution in [-0.2, 0) is 0 Å². The van der Waals surface area contributed by atoms with Crippen molar-refractivity contribution in [1.82, 2.24) is 15.0 Å². The second-order valence-electron chi connectivity index (χ2n) is 5.36. The van der Waals surface area contributed by atoms with Crippen LogP contribution < -0.4 is 15.1 Å². The molecule has 0 bridgehead atoms. The van der Waals surface area contributed by atoms with Gasteiger partial charge in [0, 0.05) is 33.2 Å². The van der Waals surface area contributed by atoms with Crippen molar-refractivity contribution < 1.29 is 0 Å². The van der Waals surface area contributed by atoms with E-state index in [9.17, 15) is 0 Å². The van der Waals surface area contributed by atoms with E-state index in [1.807, 2.05) is 14.0 Å². The second-order valence-corrected chi connectivity index (χ2v) is 5.36. The lowest BCUT2D eigenvalue weighted by atomic mass is 10.1. The largest absolute Gasteiger partial charge is 0.354 e. The molecular weight excluding hydrogens is 264 g/mol. The van der Waals surface area contributed by atoms with E-state index in [-0.39, 0.29) is 0 Å². The van der Waals surface area contributed by atoms with Crippen LogP contribution in [0.1, 0.15) is 41.0 Å². The summed E-state index contributed by atoms with van der Waals surface area (Å²) in [5.41, 5.74) is 0. The standard InChI is InChI=1S/C15H30N6/c1-7-12(5)11-20(6)14-17-13(16-8-2)18-15(19-14)21(9-3)10-4/h12H,7-11H2,1-6H3,(H,16,17,18,19). The van der Waals surface area contributed by atoms with Crippen LogP contribution >= 0.6 is 0 Å². The molecule has 0 saturated heterocycles. The van der Waals surface area contributed by atoms with E-state index in [2.05, 4.69) is 57.8 Å². The van der Waals surface area contributed by atoms with E-state index in [1.165, 1.54) is 0 Å². The van der Waals surface area contributed by atoms with Gasteiger partial charge in [-0.15, -0.1) is 0 Å². The van der Waals surface area contributed by atoms with Gasteiger partial charge in [-0.1, -0.05) is 20.3 Å². The van der Waals surface area contributed by atoms with Crippen LogP contribution in [0.15, 0.2) is 0 Å². The van der Waals surface area contributed by atoms with E-state index in [0.29, 0.717) is 11.9 Å². The van der Waals surface area contributed by atoms with E-state index in [0.717, 1.165) is 44.5 Å². The minimum atomic E-state index is 0.617. The number of nitrogens with zero attached hydrogens (tertiary/aromatic N) is 5. The highest BCUT2D eigenvalue weighted by atomic mass is 15.4. The molecule has 0 aromatic carbocycles. The average Bonchev–Trinajstić information content (AvgIpc) is 2.48. The van der Waals surface area contributed by atoms with E-state index in [1.54, 1.807) is 0 Å². The first-order valence-electron chi connectivity index (χ1n) is 8.01. The molecule has 1 rings (SSSR count). The number of anilines is 3. The van der Waals surface area contributed by atoms with Crippen molar-refractivity contribution in [1.29, 1.82) is 0 Å². The zero-order valence-corrected chi connectivity index (χ0v) is 14.3. The molecule has 0 aliphatic carbocycles. The van der Waals surface area contributed by atoms with E-state index >= 15 is 0 Å². The number of hydrogen-bond acceptors (Lipinski definition) is 6. The minimum absolute atomic E-state index is 0.617. The molecule has 1 heterocycles. The highest BCUT2D eigenvalue weighted by Gasteiger charge is 2.14. The molecule has 0 fully saturated rings. The van der Waals surface area contributed by atoms with Crippen molar-refractivity contribution in [3.63, 3.8) is 0 Å². The first-order valence-corrected chi connectivity index (χ1v) is 8.01. The summed E-state index contributed by atoms with van der Waals surface area (Å²) >= 11 is 0. The predicted molar refractivity (Wildman–Crippen MR) is 90.3 cm³/mol. The molecule has 0 amide bonds. The summed E-state index contributed by atoms with van der Waals surface area (Å²) in [7, 11) is 2.04. The Labute approximate surface area is 129 Å². The van der Waals surface area contributed by atoms with Gasteiger partial charge < -0.3 is 15.1 Å². The van der Waals surface area contributed by atoms with Crippen LogP contribution in [0.4, 0.5) is 17.8 Å². The third kappa shape index (κ3) is 5.02. The summed E-state index contributed by atoms with van der Waals surface area (Å²) in [5, 5.41) is 3.20. The summed E-state index contributed by atoms with van der Waals surface area (Å²) in [5.74, 6) is 2.76. The lowest BCUT2D eigenvalue weighted by Crippen LogP contribution is -2.29. The fraction of sp³-hybridized carbons (Fsp3) is 0.800. The summed E-state index contributed by atoms with van der Waals surface area (Å²) in [6.45, 7) is 14.3. The van der Waals surface area contributed by atoms with Crippen molar-refractivity contribution in [3.05, 3.63) is 0 Å².